The number of nitrogens with zero attached hydrogens (tertiary/aromatic N) is 3. The van der Waals surface area contributed by atoms with E-state index in [1.165, 1.54) is 0 Å². The maximum absolute atomic E-state index is 4.46. The molecule has 0 spiro atoms. The van der Waals surface area contributed by atoms with Gasteiger partial charge in [-0.25, -0.2) is 9.97 Å². The lowest BCUT2D eigenvalue weighted by Gasteiger charge is -2.12. The molecule has 0 aliphatic rings. The van der Waals surface area contributed by atoms with Gasteiger partial charge in [0.05, 0.1) is 12.0 Å². The molecule has 0 bridgehead atoms. The van der Waals surface area contributed by atoms with Crippen LogP contribution in [-0.2, 0) is 7.05 Å². The Bertz CT molecular complexity index is 754. The van der Waals surface area contributed by atoms with E-state index in [4.69, 9.17) is 0 Å². The molecule has 0 unspecified atom stereocenters. The second-order valence-corrected chi connectivity index (χ2v) is 5.86. The van der Waals surface area contributed by atoms with E-state index in [9.17, 15) is 0 Å². The Hall–Kier alpha value is -2.31. The lowest BCUT2D eigenvalue weighted by molar-refractivity contribution is 0.913. The second-order valence-electron chi connectivity index (χ2n) is 4.78. The number of anilines is 2. The van der Waals surface area contributed by atoms with Crippen molar-refractivity contribution in [3.63, 3.8) is 0 Å². The summed E-state index contributed by atoms with van der Waals surface area (Å²) >= 11 is 1.58. The topological polar surface area (TPSA) is 54.8 Å². The Labute approximate surface area is 133 Å². The number of aryl methyl sites for hydroxylation is 1. The highest BCUT2D eigenvalue weighted by atomic mass is 32.2. The van der Waals surface area contributed by atoms with Crippen LogP contribution in [0.2, 0.25) is 0 Å². The Balaban J connectivity index is 2.01. The fourth-order valence-electron chi connectivity index (χ4n) is 2.15. The van der Waals surface area contributed by atoms with Crippen molar-refractivity contribution in [3.8, 4) is 11.3 Å². The van der Waals surface area contributed by atoms with Gasteiger partial charge in [-0.3, -0.25) is 4.72 Å². The van der Waals surface area contributed by atoms with Crippen molar-refractivity contribution in [2.45, 2.75) is 4.90 Å². The van der Waals surface area contributed by atoms with Crippen LogP contribution in [-0.4, -0.2) is 21.6 Å². The van der Waals surface area contributed by atoms with Crippen molar-refractivity contribution < 1.29 is 0 Å². The van der Waals surface area contributed by atoms with Crippen LogP contribution in [0.3, 0.4) is 0 Å². The smallest absolute Gasteiger partial charge is 0.130 e. The molecule has 0 amide bonds. The Morgan fingerprint density at radius 3 is 2.73 bits per heavy atom. The number of rotatable bonds is 5. The summed E-state index contributed by atoms with van der Waals surface area (Å²) in [6, 6.07) is 12.0. The first-order valence-electron chi connectivity index (χ1n) is 6.90. The number of imidazole rings is 1. The summed E-state index contributed by atoms with van der Waals surface area (Å²) in [4.78, 5) is 9.91. The summed E-state index contributed by atoms with van der Waals surface area (Å²) in [5, 5.41) is 3.36. The van der Waals surface area contributed by atoms with Crippen LogP contribution in [0.5, 0.6) is 0 Å². The maximum atomic E-state index is 4.46. The van der Waals surface area contributed by atoms with Crippen molar-refractivity contribution in [2.24, 2.45) is 7.05 Å². The van der Waals surface area contributed by atoms with Gasteiger partial charge in [-0.1, -0.05) is 6.07 Å². The summed E-state index contributed by atoms with van der Waals surface area (Å²) < 4.78 is 5.04. The van der Waals surface area contributed by atoms with E-state index in [1.54, 1.807) is 24.5 Å². The summed E-state index contributed by atoms with van der Waals surface area (Å²) in [5.41, 5.74) is 2.96. The van der Waals surface area contributed by atoms with Crippen molar-refractivity contribution in [3.05, 3.63) is 55.1 Å². The summed E-state index contributed by atoms with van der Waals surface area (Å²) in [7, 11) is 3.87. The van der Waals surface area contributed by atoms with E-state index >= 15 is 0 Å². The van der Waals surface area contributed by atoms with E-state index in [0.29, 0.717) is 0 Å². The van der Waals surface area contributed by atoms with Crippen molar-refractivity contribution in [1.29, 1.82) is 0 Å². The minimum atomic E-state index is 0.814. The molecule has 22 heavy (non-hydrogen) atoms. The molecular weight excluding hydrogens is 294 g/mol. The Morgan fingerprint density at radius 2 is 2.05 bits per heavy atom. The van der Waals surface area contributed by atoms with Crippen LogP contribution in [0.1, 0.15) is 0 Å². The van der Waals surface area contributed by atoms with Gasteiger partial charge in [0, 0.05) is 35.6 Å². The number of aromatic nitrogens is 3. The average molecular weight is 311 g/mol. The van der Waals surface area contributed by atoms with Gasteiger partial charge >= 0.3 is 0 Å². The van der Waals surface area contributed by atoms with Crippen molar-refractivity contribution in [1.82, 2.24) is 19.3 Å². The van der Waals surface area contributed by atoms with Gasteiger partial charge in [0.25, 0.3) is 0 Å². The molecule has 0 saturated heterocycles. The molecule has 0 saturated carbocycles. The predicted octanol–water partition coefficient (Wildman–Crippen LogP) is 3.45. The van der Waals surface area contributed by atoms with Gasteiger partial charge in [0.2, 0.25) is 0 Å². The van der Waals surface area contributed by atoms with Gasteiger partial charge in [0.15, 0.2) is 0 Å². The molecule has 1 aromatic carbocycles. The van der Waals surface area contributed by atoms with Crippen LogP contribution < -0.4 is 10.0 Å². The SMILES string of the molecule is CNSc1ccc(Nc2ccccn2)c(-c2cn(C)cn2)c1. The van der Waals surface area contributed by atoms with Gasteiger partial charge < -0.3 is 9.88 Å². The zero-order chi connectivity index (χ0) is 15.4. The normalized spacial score (nSPS) is 10.6. The van der Waals surface area contributed by atoms with Gasteiger partial charge in [-0.2, -0.15) is 0 Å². The molecule has 0 atom stereocenters. The minimum Gasteiger partial charge on any atom is -0.340 e. The zero-order valence-corrected chi connectivity index (χ0v) is 13.3. The average Bonchev–Trinajstić information content (AvgIpc) is 2.96. The summed E-state index contributed by atoms with van der Waals surface area (Å²) in [5.74, 6) is 0.814. The third-order valence-corrected chi connectivity index (χ3v) is 3.81. The van der Waals surface area contributed by atoms with E-state index in [-0.39, 0.29) is 0 Å². The largest absolute Gasteiger partial charge is 0.340 e. The van der Waals surface area contributed by atoms with E-state index in [0.717, 1.165) is 27.7 Å². The monoisotopic (exact) mass is 311 g/mol. The van der Waals surface area contributed by atoms with Crippen LogP contribution in [0.15, 0.2) is 60.0 Å². The molecule has 2 aromatic heterocycles. The molecule has 6 heteroatoms. The molecule has 3 rings (SSSR count). The standard InChI is InChI=1S/C16H17N5S/c1-17-22-12-6-7-14(20-16-5-3-4-8-18-16)13(9-12)15-10-21(2)11-19-15/h3-11,17H,1-2H3,(H,18,20). The number of pyridine rings is 1. The number of hydrogen-bond donors (Lipinski definition) is 2. The molecule has 112 valence electrons. The molecule has 0 radical (unpaired) electrons. The van der Waals surface area contributed by atoms with E-state index in [2.05, 4.69) is 38.2 Å². The van der Waals surface area contributed by atoms with Crippen LogP contribution in [0.4, 0.5) is 11.5 Å². The van der Waals surface area contributed by atoms with Gasteiger partial charge in [-0.05, 0) is 49.3 Å². The first-order chi connectivity index (χ1) is 10.8. The predicted molar refractivity (Wildman–Crippen MR) is 91.1 cm³/mol. The Kier molecular flexibility index (Phi) is 4.41. The van der Waals surface area contributed by atoms with Gasteiger partial charge in [-0.15, -0.1) is 0 Å². The quantitative estimate of drug-likeness (QED) is 0.707. The number of hydrogen-bond acceptors (Lipinski definition) is 5. The highest BCUT2D eigenvalue weighted by molar-refractivity contribution is 7.97. The lowest BCUT2D eigenvalue weighted by Crippen LogP contribution is -1.97. The molecular formula is C16H17N5S. The van der Waals surface area contributed by atoms with E-state index in [1.807, 2.05) is 43.1 Å². The van der Waals surface area contributed by atoms with Crippen LogP contribution in [0, 0.1) is 0 Å². The number of nitrogens with one attached hydrogen (secondary N) is 2. The van der Waals surface area contributed by atoms with Crippen molar-refractivity contribution in [2.75, 3.05) is 12.4 Å². The van der Waals surface area contributed by atoms with Crippen LogP contribution >= 0.6 is 11.9 Å². The first-order valence-corrected chi connectivity index (χ1v) is 7.72. The van der Waals surface area contributed by atoms with E-state index < -0.39 is 0 Å². The lowest BCUT2D eigenvalue weighted by atomic mass is 10.1. The highest BCUT2D eigenvalue weighted by Crippen LogP contribution is 2.32. The minimum absolute atomic E-state index is 0.814. The number of benzene rings is 1. The van der Waals surface area contributed by atoms with Gasteiger partial charge in [0.1, 0.15) is 5.82 Å². The Morgan fingerprint density at radius 1 is 1.14 bits per heavy atom. The van der Waals surface area contributed by atoms with Crippen LogP contribution in [0.25, 0.3) is 11.3 Å². The highest BCUT2D eigenvalue weighted by Gasteiger charge is 2.10. The molecule has 2 N–H and O–H groups in total. The summed E-state index contributed by atoms with van der Waals surface area (Å²) in [6.45, 7) is 0. The molecule has 2 heterocycles. The molecule has 0 aliphatic heterocycles. The zero-order valence-electron chi connectivity index (χ0n) is 12.4. The third kappa shape index (κ3) is 3.29. The molecule has 5 nitrogen and oxygen atoms in total. The fourth-order valence-corrected chi connectivity index (χ4v) is 2.70. The first kappa shape index (κ1) is 14.6. The molecule has 0 aliphatic carbocycles. The van der Waals surface area contributed by atoms with Crippen molar-refractivity contribution >= 4 is 23.5 Å². The molecule has 3 aromatic rings. The third-order valence-electron chi connectivity index (χ3n) is 3.12. The fraction of sp³-hybridized carbons (Fsp3) is 0.125. The summed E-state index contributed by atoms with van der Waals surface area (Å²) in [6.07, 6.45) is 5.58. The molecule has 0 fully saturated rings. The maximum Gasteiger partial charge on any atom is 0.130 e. The second kappa shape index (κ2) is 6.64.